The Morgan fingerprint density at radius 3 is 1.38 bits per heavy atom. The van der Waals surface area contributed by atoms with Crippen molar-refractivity contribution in [2.24, 2.45) is 5.92 Å². The molecule has 346 valence electrons. The van der Waals surface area contributed by atoms with Gasteiger partial charge in [-0.2, -0.15) is 0 Å². The first kappa shape index (κ1) is 55.1. The van der Waals surface area contributed by atoms with Crippen LogP contribution in [0.2, 0.25) is 0 Å². The minimum atomic E-state index is -1.66. The topological polar surface area (TPSA) is 189 Å². The summed E-state index contributed by atoms with van der Waals surface area (Å²) in [5.74, 6) is 0.0528. The Bertz CT molecular complexity index is 926. The lowest BCUT2D eigenvalue weighted by atomic mass is 9.98. The zero-order valence-corrected chi connectivity index (χ0v) is 37.5. The Morgan fingerprint density at radius 2 is 0.966 bits per heavy atom. The zero-order valence-electron chi connectivity index (χ0n) is 37.5. The smallest absolute Gasteiger partial charge is 0.249 e. The minimum Gasteiger partial charge on any atom is -0.394 e. The number of carbonyl (C=O) groups excluding carboxylic acids is 1. The predicted molar refractivity (Wildman–Crippen MR) is 233 cm³/mol. The molecule has 0 bridgehead atoms. The highest BCUT2D eigenvalue weighted by Crippen LogP contribution is 2.23. The number of aliphatic hydroxyl groups is 7. The van der Waals surface area contributed by atoms with E-state index in [-0.39, 0.29) is 6.42 Å². The SMILES string of the molecule is CCCCCCCCCCCCCCCCCCCCCC[C@@H](O)C(=O)N[C@H](CO[C@@H]1O[C@H](CO)[C@@H](O)[C@H](O)[C@H]1O)[C@H](O)[C@H](O)CCCCCCCCCCC(C)C. The van der Waals surface area contributed by atoms with Gasteiger partial charge in [0.1, 0.15) is 36.6 Å². The van der Waals surface area contributed by atoms with Gasteiger partial charge in [-0.15, -0.1) is 0 Å². The Hall–Kier alpha value is -0.890. The van der Waals surface area contributed by atoms with Crippen molar-refractivity contribution in [1.82, 2.24) is 5.32 Å². The second-order valence-electron chi connectivity index (χ2n) is 18.0. The third-order valence-electron chi connectivity index (χ3n) is 12.1. The van der Waals surface area contributed by atoms with Gasteiger partial charge in [0.25, 0.3) is 0 Å². The maximum absolute atomic E-state index is 13.1. The molecule has 1 aliphatic rings. The van der Waals surface area contributed by atoms with Crippen LogP contribution in [0.3, 0.4) is 0 Å². The normalized spacial score (nSPS) is 21.9. The van der Waals surface area contributed by atoms with Gasteiger partial charge in [0.05, 0.1) is 25.4 Å². The van der Waals surface area contributed by atoms with Crippen molar-refractivity contribution in [2.75, 3.05) is 13.2 Å². The minimum absolute atomic E-state index is 0.265. The summed E-state index contributed by atoms with van der Waals surface area (Å²) < 4.78 is 11.1. The molecule has 11 heteroatoms. The zero-order chi connectivity index (χ0) is 42.8. The molecule has 0 aromatic rings. The van der Waals surface area contributed by atoms with Gasteiger partial charge in [0.2, 0.25) is 5.91 Å². The fraction of sp³-hybridized carbons (Fsp3) is 0.979. The third-order valence-corrected chi connectivity index (χ3v) is 12.1. The number of ether oxygens (including phenoxy) is 2. The van der Waals surface area contributed by atoms with E-state index in [9.17, 15) is 40.5 Å². The number of carbonyl (C=O) groups is 1. The van der Waals surface area contributed by atoms with Crippen molar-refractivity contribution >= 4 is 5.91 Å². The molecule has 0 unspecified atom stereocenters. The van der Waals surface area contributed by atoms with Crippen LogP contribution in [0.15, 0.2) is 0 Å². The first-order chi connectivity index (χ1) is 28.0. The molecule has 8 N–H and O–H groups in total. The molecule has 1 saturated heterocycles. The van der Waals surface area contributed by atoms with Gasteiger partial charge >= 0.3 is 0 Å². The molecule has 1 fully saturated rings. The number of rotatable bonds is 40. The number of unbranched alkanes of at least 4 members (excludes halogenated alkanes) is 26. The summed E-state index contributed by atoms with van der Waals surface area (Å²) >= 11 is 0. The molecule has 0 aromatic heterocycles. The van der Waals surface area contributed by atoms with Crippen molar-refractivity contribution in [1.29, 1.82) is 0 Å². The molecular formula is C47H93NO10. The van der Waals surface area contributed by atoms with E-state index in [0.717, 1.165) is 44.4 Å². The fourth-order valence-corrected chi connectivity index (χ4v) is 8.04. The van der Waals surface area contributed by atoms with Gasteiger partial charge in [-0.1, -0.05) is 207 Å². The van der Waals surface area contributed by atoms with Crippen LogP contribution in [0.4, 0.5) is 0 Å². The van der Waals surface area contributed by atoms with E-state index in [2.05, 4.69) is 26.1 Å². The quantitative estimate of drug-likeness (QED) is 0.0280. The van der Waals surface area contributed by atoms with E-state index in [1.165, 1.54) is 135 Å². The van der Waals surface area contributed by atoms with Gasteiger partial charge in [-0.05, 0) is 18.8 Å². The number of nitrogens with one attached hydrogen (secondary N) is 1. The van der Waals surface area contributed by atoms with Crippen LogP contribution in [0.5, 0.6) is 0 Å². The molecule has 58 heavy (non-hydrogen) atoms. The summed E-state index contributed by atoms with van der Waals surface area (Å²) in [5.41, 5.74) is 0. The number of aliphatic hydroxyl groups excluding tert-OH is 7. The van der Waals surface area contributed by atoms with Gasteiger partial charge in [-0.25, -0.2) is 0 Å². The summed E-state index contributed by atoms with van der Waals surface area (Å²) in [6.07, 6.45) is 24.6. The first-order valence-corrected chi connectivity index (χ1v) is 24.3. The number of amides is 1. The van der Waals surface area contributed by atoms with E-state index in [1.807, 2.05) is 0 Å². The maximum Gasteiger partial charge on any atom is 0.249 e. The standard InChI is InChI=1S/C47H93NO10/c1-4-5-6-7-8-9-10-11-12-13-14-15-16-17-18-19-20-25-28-31-34-40(51)46(56)48-38(36-57-47-45(55)44(54)43(53)41(35-49)58-47)42(52)39(50)33-30-27-24-22-21-23-26-29-32-37(2)3/h37-45,47,49-55H,4-36H2,1-3H3,(H,48,56)/t38-,39-,40-,41-,42+,43-,44+,45-,47-/m1/s1. The van der Waals surface area contributed by atoms with E-state index >= 15 is 0 Å². The van der Waals surface area contributed by atoms with Crippen LogP contribution in [0.25, 0.3) is 0 Å². The Labute approximate surface area is 354 Å². The van der Waals surface area contributed by atoms with Crippen molar-refractivity contribution in [3.05, 3.63) is 0 Å². The van der Waals surface area contributed by atoms with Crippen molar-refractivity contribution < 1.29 is 50.0 Å². The van der Waals surface area contributed by atoms with E-state index in [4.69, 9.17) is 9.47 Å². The molecule has 9 atom stereocenters. The molecule has 0 spiro atoms. The fourth-order valence-electron chi connectivity index (χ4n) is 8.04. The highest BCUT2D eigenvalue weighted by molar-refractivity contribution is 5.80. The Kier molecular flexibility index (Phi) is 34.9. The average molecular weight is 832 g/mol. The van der Waals surface area contributed by atoms with Gasteiger partial charge in [0, 0.05) is 0 Å². The molecule has 1 rings (SSSR count). The van der Waals surface area contributed by atoms with Gasteiger partial charge < -0.3 is 50.5 Å². The molecule has 0 aromatic carbocycles. The highest BCUT2D eigenvalue weighted by Gasteiger charge is 2.44. The molecule has 0 saturated carbocycles. The molecule has 1 aliphatic heterocycles. The van der Waals surface area contributed by atoms with Crippen LogP contribution in [0.1, 0.15) is 220 Å². The number of hydrogen-bond donors (Lipinski definition) is 8. The summed E-state index contributed by atoms with van der Waals surface area (Å²) in [5, 5.41) is 75.6. The van der Waals surface area contributed by atoms with Crippen molar-refractivity contribution in [3.8, 4) is 0 Å². The summed E-state index contributed by atoms with van der Waals surface area (Å²) in [6.45, 7) is 5.72. The Balaban J connectivity index is 2.37. The lowest BCUT2D eigenvalue weighted by Crippen LogP contribution is -2.60. The highest BCUT2D eigenvalue weighted by atomic mass is 16.7. The second-order valence-corrected chi connectivity index (χ2v) is 18.0. The van der Waals surface area contributed by atoms with Crippen LogP contribution in [0, 0.1) is 5.92 Å². The van der Waals surface area contributed by atoms with Crippen LogP contribution in [-0.2, 0) is 14.3 Å². The van der Waals surface area contributed by atoms with Crippen LogP contribution >= 0.6 is 0 Å². The molecule has 0 aliphatic carbocycles. The average Bonchev–Trinajstić information content (AvgIpc) is 3.21. The lowest BCUT2D eigenvalue weighted by molar-refractivity contribution is -0.303. The maximum atomic E-state index is 13.1. The third kappa shape index (κ3) is 27.1. The monoisotopic (exact) mass is 832 g/mol. The molecule has 1 amide bonds. The van der Waals surface area contributed by atoms with Crippen LogP contribution in [-0.4, -0.2) is 110 Å². The molecule has 11 nitrogen and oxygen atoms in total. The molecule has 0 radical (unpaired) electrons. The first-order valence-electron chi connectivity index (χ1n) is 24.3. The Morgan fingerprint density at radius 1 is 0.569 bits per heavy atom. The molecular weight excluding hydrogens is 739 g/mol. The summed E-state index contributed by atoms with van der Waals surface area (Å²) in [4.78, 5) is 13.1. The van der Waals surface area contributed by atoms with Gasteiger partial charge in [0.15, 0.2) is 6.29 Å². The summed E-state index contributed by atoms with van der Waals surface area (Å²) in [6, 6.07) is -1.16. The largest absolute Gasteiger partial charge is 0.394 e. The predicted octanol–water partition coefficient (Wildman–Crippen LogP) is 8.14. The van der Waals surface area contributed by atoms with Gasteiger partial charge in [-0.3, -0.25) is 4.79 Å². The summed E-state index contributed by atoms with van der Waals surface area (Å²) in [7, 11) is 0. The second kappa shape index (κ2) is 36.7. The molecule has 1 heterocycles. The van der Waals surface area contributed by atoms with Crippen LogP contribution < -0.4 is 5.32 Å². The number of hydrogen-bond acceptors (Lipinski definition) is 10. The van der Waals surface area contributed by atoms with E-state index in [0.29, 0.717) is 19.3 Å². The van der Waals surface area contributed by atoms with E-state index in [1.54, 1.807) is 0 Å². The van der Waals surface area contributed by atoms with Crippen molar-refractivity contribution in [3.63, 3.8) is 0 Å². The van der Waals surface area contributed by atoms with Crippen molar-refractivity contribution in [2.45, 2.75) is 275 Å². The van der Waals surface area contributed by atoms with E-state index < -0.39 is 74.2 Å². The lowest BCUT2D eigenvalue weighted by Gasteiger charge is -2.40.